The van der Waals surface area contributed by atoms with Gasteiger partial charge in [0.2, 0.25) is 0 Å². The standard InChI is InChI=1S/C9H12N4/c1-8-2-4-12-13(8)5-3-9-6-10-11-7-9/h2,4,6-7H,3,5H2,1H3,(H,10,11). The molecule has 4 nitrogen and oxygen atoms in total. The minimum atomic E-state index is 0.915. The van der Waals surface area contributed by atoms with Crippen molar-refractivity contribution in [3.8, 4) is 0 Å². The second-order valence-electron chi connectivity index (χ2n) is 3.05. The quantitative estimate of drug-likeness (QED) is 0.762. The van der Waals surface area contributed by atoms with Gasteiger partial charge in [-0.2, -0.15) is 10.2 Å². The van der Waals surface area contributed by atoms with Crippen LogP contribution >= 0.6 is 0 Å². The molecule has 4 heteroatoms. The molecule has 0 atom stereocenters. The Morgan fingerprint density at radius 3 is 3.08 bits per heavy atom. The van der Waals surface area contributed by atoms with Crippen LogP contribution in [0.1, 0.15) is 11.3 Å². The van der Waals surface area contributed by atoms with E-state index in [2.05, 4.69) is 22.2 Å². The SMILES string of the molecule is Cc1ccnn1CCc1cn[nH]c1. The molecular weight excluding hydrogens is 164 g/mol. The molecule has 0 fully saturated rings. The van der Waals surface area contributed by atoms with E-state index in [9.17, 15) is 0 Å². The van der Waals surface area contributed by atoms with Crippen LogP contribution in [0.15, 0.2) is 24.7 Å². The van der Waals surface area contributed by atoms with Gasteiger partial charge < -0.3 is 0 Å². The first-order chi connectivity index (χ1) is 6.36. The third kappa shape index (κ3) is 1.77. The Morgan fingerprint density at radius 2 is 2.46 bits per heavy atom. The van der Waals surface area contributed by atoms with Crippen molar-refractivity contribution in [2.24, 2.45) is 0 Å². The molecule has 2 rings (SSSR count). The Balaban J connectivity index is 1.97. The first-order valence-corrected chi connectivity index (χ1v) is 4.32. The average Bonchev–Trinajstić information content (AvgIpc) is 2.72. The van der Waals surface area contributed by atoms with E-state index in [4.69, 9.17) is 0 Å². The van der Waals surface area contributed by atoms with Crippen LogP contribution in [0.5, 0.6) is 0 Å². The zero-order valence-corrected chi connectivity index (χ0v) is 7.57. The third-order valence-corrected chi connectivity index (χ3v) is 2.10. The van der Waals surface area contributed by atoms with Crippen molar-refractivity contribution < 1.29 is 0 Å². The molecule has 0 radical (unpaired) electrons. The number of hydrogen-bond acceptors (Lipinski definition) is 2. The molecule has 2 heterocycles. The zero-order valence-electron chi connectivity index (χ0n) is 7.57. The predicted molar refractivity (Wildman–Crippen MR) is 49.3 cm³/mol. The van der Waals surface area contributed by atoms with Gasteiger partial charge in [0.15, 0.2) is 0 Å². The van der Waals surface area contributed by atoms with Gasteiger partial charge in [-0.05, 0) is 25.0 Å². The van der Waals surface area contributed by atoms with Crippen LogP contribution < -0.4 is 0 Å². The Kier molecular flexibility index (Phi) is 2.12. The third-order valence-electron chi connectivity index (χ3n) is 2.10. The fraction of sp³-hybridized carbons (Fsp3) is 0.333. The van der Waals surface area contributed by atoms with Crippen LogP contribution in [0.25, 0.3) is 0 Å². The summed E-state index contributed by atoms with van der Waals surface area (Å²) in [6.45, 7) is 2.97. The molecule has 0 aliphatic heterocycles. The lowest BCUT2D eigenvalue weighted by atomic mass is 10.2. The molecule has 0 unspecified atom stereocenters. The summed E-state index contributed by atoms with van der Waals surface area (Å²) in [5.74, 6) is 0. The first kappa shape index (κ1) is 8.04. The van der Waals surface area contributed by atoms with E-state index in [0.717, 1.165) is 13.0 Å². The summed E-state index contributed by atoms with van der Waals surface area (Å²) >= 11 is 0. The summed E-state index contributed by atoms with van der Waals surface area (Å²) in [5.41, 5.74) is 2.42. The molecule has 0 saturated carbocycles. The minimum Gasteiger partial charge on any atom is -0.285 e. The van der Waals surface area contributed by atoms with Crippen LogP contribution in [0, 0.1) is 6.92 Å². The van der Waals surface area contributed by atoms with Crippen LogP contribution in [-0.4, -0.2) is 20.0 Å². The zero-order chi connectivity index (χ0) is 9.10. The number of aromatic nitrogens is 4. The summed E-state index contributed by atoms with van der Waals surface area (Å²) < 4.78 is 1.99. The van der Waals surface area contributed by atoms with Gasteiger partial charge in [0.05, 0.1) is 6.20 Å². The molecule has 0 bridgehead atoms. The van der Waals surface area contributed by atoms with Gasteiger partial charge in [-0.15, -0.1) is 0 Å². The van der Waals surface area contributed by atoms with E-state index in [1.807, 2.05) is 29.3 Å². The topological polar surface area (TPSA) is 46.5 Å². The van der Waals surface area contributed by atoms with Crippen molar-refractivity contribution in [1.29, 1.82) is 0 Å². The molecule has 13 heavy (non-hydrogen) atoms. The highest BCUT2D eigenvalue weighted by Crippen LogP contribution is 2.00. The Bertz CT molecular complexity index is 361. The molecule has 0 amide bonds. The maximum Gasteiger partial charge on any atom is 0.0519 e. The summed E-state index contributed by atoms with van der Waals surface area (Å²) in [6, 6.07) is 2.01. The van der Waals surface area contributed by atoms with Crippen LogP contribution in [0.3, 0.4) is 0 Å². The van der Waals surface area contributed by atoms with E-state index < -0.39 is 0 Å². The number of hydrogen-bond donors (Lipinski definition) is 1. The molecule has 0 spiro atoms. The normalized spacial score (nSPS) is 10.5. The highest BCUT2D eigenvalue weighted by atomic mass is 15.3. The summed E-state index contributed by atoms with van der Waals surface area (Å²) in [7, 11) is 0. The second-order valence-corrected chi connectivity index (χ2v) is 3.05. The van der Waals surface area contributed by atoms with Gasteiger partial charge in [-0.3, -0.25) is 9.78 Å². The Morgan fingerprint density at radius 1 is 1.54 bits per heavy atom. The monoisotopic (exact) mass is 176 g/mol. The molecule has 68 valence electrons. The summed E-state index contributed by atoms with van der Waals surface area (Å²) in [4.78, 5) is 0. The Hall–Kier alpha value is -1.58. The number of aromatic amines is 1. The molecule has 2 aromatic rings. The minimum absolute atomic E-state index is 0.915. The predicted octanol–water partition coefficient (Wildman–Crippen LogP) is 1.16. The van der Waals surface area contributed by atoms with Crippen LogP contribution in [-0.2, 0) is 13.0 Å². The van der Waals surface area contributed by atoms with Crippen molar-refractivity contribution in [3.05, 3.63) is 35.9 Å². The fourth-order valence-electron chi connectivity index (χ4n) is 1.28. The summed E-state index contributed by atoms with van der Waals surface area (Å²) in [5, 5.41) is 10.9. The molecule has 2 aromatic heterocycles. The van der Waals surface area contributed by atoms with Crippen molar-refractivity contribution in [1.82, 2.24) is 20.0 Å². The summed E-state index contributed by atoms with van der Waals surface area (Å²) in [6.07, 6.45) is 6.56. The number of H-pyrrole nitrogens is 1. The number of nitrogens with one attached hydrogen (secondary N) is 1. The van der Waals surface area contributed by atoms with E-state index in [1.54, 1.807) is 0 Å². The van der Waals surface area contributed by atoms with E-state index >= 15 is 0 Å². The molecule has 0 aliphatic rings. The lowest BCUT2D eigenvalue weighted by Crippen LogP contribution is -2.04. The highest BCUT2D eigenvalue weighted by Gasteiger charge is 1.98. The van der Waals surface area contributed by atoms with Crippen molar-refractivity contribution in [2.75, 3.05) is 0 Å². The lowest BCUT2D eigenvalue weighted by Gasteiger charge is -2.01. The maximum absolute atomic E-state index is 4.20. The lowest BCUT2D eigenvalue weighted by molar-refractivity contribution is 0.598. The molecule has 0 aromatic carbocycles. The van der Waals surface area contributed by atoms with Crippen LogP contribution in [0.2, 0.25) is 0 Å². The van der Waals surface area contributed by atoms with Gasteiger partial charge >= 0.3 is 0 Å². The highest BCUT2D eigenvalue weighted by molar-refractivity contribution is 5.03. The first-order valence-electron chi connectivity index (χ1n) is 4.32. The van der Waals surface area contributed by atoms with E-state index in [-0.39, 0.29) is 0 Å². The molecule has 0 saturated heterocycles. The number of rotatable bonds is 3. The van der Waals surface area contributed by atoms with Gasteiger partial charge in [0.25, 0.3) is 0 Å². The van der Waals surface area contributed by atoms with Gasteiger partial charge in [-0.25, -0.2) is 0 Å². The second kappa shape index (κ2) is 3.43. The fourth-order valence-corrected chi connectivity index (χ4v) is 1.28. The number of aryl methyl sites for hydroxylation is 3. The Labute approximate surface area is 76.6 Å². The van der Waals surface area contributed by atoms with Gasteiger partial charge in [-0.1, -0.05) is 0 Å². The van der Waals surface area contributed by atoms with Crippen molar-refractivity contribution in [3.63, 3.8) is 0 Å². The van der Waals surface area contributed by atoms with Crippen LogP contribution in [0.4, 0.5) is 0 Å². The van der Waals surface area contributed by atoms with Crippen molar-refractivity contribution in [2.45, 2.75) is 19.9 Å². The maximum atomic E-state index is 4.20. The van der Waals surface area contributed by atoms with E-state index in [0.29, 0.717) is 0 Å². The van der Waals surface area contributed by atoms with E-state index in [1.165, 1.54) is 11.3 Å². The molecular formula is C9H12N4. The molecule has 0 aliphatic carbocycles. The largest absolute Gasteiger partial charge is 0.285 e. The van der Waals surface area contributed by atoms with Crippen molar-refractivity contribution >= 4 is 0 Å². The van der Waals surface area contributed by atoms with Gasteiger partial charge in [0.1, 0.15) is 0 Å². The number of nitrogens with zero attached hydrogens (tertiary/aromatic N) is 3. The smallest absolute Gasteiger partial charge is 0.0519 e. The van der Waals surface area contributed by atoms with Gasteiger partial charge in [0, 0.05) is 24.6 Å². The molecule has 1 N–H and O–H groups in total. The average molecular weight is 176 g/mol.